The van der Waals surface area contributed by atoms with Gasteiger partial charge in [-0.15, -0.1) is 0 Å². The fraction of sp³-hybridized carbons (Fsp3) is 0.486. The van der Waals surface area contributed by atoms with E-state index >= 15 is 0 Å². The molecule has 0 aliphatic rings. The van der Waals surface area contributed by atoms with E-state index in [9.17, 15) is 10.2 Å². The molecule has 42 heavy (non-hydrogen) atoms. The summed E-state index contributed by atoms with van der Waals surface area (Å²) in [4.78, 5) is 2.04. The zero-order valence-electron chi connectivity index (χ0n) is 26.5. The topological polar surface area (TPSA) is 80.6 Å². The lowest BCUT2D eigenvalue weighted by Crippen LogP contribution is -2.41. The number of benzene rings is 3. The summed E-state index contributed by atoms with van der Waals surface area (Å²) in [6, 6.07) is 21.5. The van der Waals surface area contributed by atoms with E-state index in [1.54, 1.807) is 14.2 Å². The SMILES string of the molecule is COc1ccc(OCC(O)CN(Cc2ccccc2)CC(O)COc2ccc(OC)cc2C(C)(C)C)c(C(C)(C)C)c1. The van der Waals surface area contributed by atoms with Crippen LogP contribution in [0.2, 0.25) is 0 Å². The van der Waals surface area contributed by atoms with Crippen molar-refractivity contribution < 1.29 is 29.2 Å². The molecular weight excluding hydrogens is 530 g/mol. The molecular formula is C35H49NO6. The van der Waals surface area contributed by atoms with Crippen molar-refractivity contribution in [1.29, 1.82) is 0 Å². The zero-order chi connectivity index (χ0) is 30.9. The van der Waals surface area contributed by atoms with Crippen molar-refractivity contribution in [1.82, 2.24) is 4.90 Å². The highest BCUT2D eigenvalue weighted by Gasteiger charge is 2.23. The van der Waals surface area contributed by atoms with Crippen LogP contribution in [0.5, 0.6) is 23.0 Å². The lowest BCUT2D eigenvalue weighted by atomic mass is 9.86. The molecule has 3 rings (SSSR count). The summed E-state index contributed by atoms with van der Waals surface area (Å²) in [6.07, 6.45) is -1.54. The van der Waals surface area contributed by atoms with E-state index in [4.69, 9.17) is 18.9 Å². The molecule has 0 aliphatic heterocycles. The van der Waals surface area contributed by atoms with E-state index in [2.05, 4.69) is 41.5 Å². The molecule has 2 unspecified atom stereocenters. The molecule has 0 aromatic heterocycles. The number of methoxy groups -OCH3 is 2. The van der Waals surface area contributed by atoms with Crippen LogP contribution in [0.4, 0.5) is 0 Å². The molecule has 230 valence electrons. The minimum atomic E-state index is -0.772. The standard InChI is InChI=1S/C35H49NO6/c1-34(2,3)30-18-28(39-7)14-16-32(30)41-23-26(37)21-36(20-25-12-10-9-11-13-25)22-27(38)24-42-33-17-15-29(40-8)19-31(33)35(4,5)6/h9-19,26-27,37-38H,20-24H2,1-8H3. The number of hydrogen-bond donors (Lipinski definition) is 2. The van der Waals surface area contributed by atoms with Crippen molar-refractivity contribution in [3.8, 4) is 23.0 Å². The van der Waals surface area contributed by atoms with Crippen molar-refractivity contribution in [2.24, 2.45) is 0 Å². The lowest BCUT2D eigenvalue weighted by Gasteiger charge is -2.29. The maximum Gasteiger partial charge on any atom is 0.123 e. The first-order valence-electron chi connectivity index (χ1n) is 14.5. The third kappa shape index (κ3) is 9.93. The molecule has 0 radical (unpaired) electrons. The van der Waals surface area contributed by atoms with Crippen LogP contribution in [0.15, 0.2) is 66.7 Å². The minimum absolute atomic E-state index is 0.119. The molecule has 0 saturated heterocycles. The molecule has 0 aliphatic carbocycles. The van der Waals surface area contributed by atoms with Crippen LogP contribution in [0.1, 0.15) is 58.2 Å². The van der Waals surface area contributed by atoms with Gasteiger partial charge >= 0.3 is 0 Å². The Morgan fingerprint density at radius 1 is 0.643 bits per heavy atom. The van der Waals surface area contributed by atoms with Crippen molar-refractivity contribution in [3.05, 3.63) is 83.4 Å². The molecule has 0 heterocycles. The summed E-state index contributed by atoms with van der Waals surface area (Å²) in [6.45, 7) is 14.2. The fourth-order valence-corrected chi connectivity index (χ4v) is 4.81. The number of aliphatic hydroxyl groups excluding tert-OH is 2. The van der Waals surface area contributed by atoms with Gasteiger partial charge < -0.3 is 29.2 Å². The van der Waals surface area contributed by atoms with E-state index < -0.39 is 12.2 Å². The zero-order valence-corrected chi connectivity index (χ0v) is 26.5. The Morgan fingerprint density at radius 2 is 1.07 bits per heavy atom. The summed E-state index contributed by atoms with van der Waals surface area (Å²) >= 11 is 0. The van der Waals surface area contributed by atoms with Gasteiger partial charge in [-0.3, -0.25) is 4.90 Å². The van der Waals surface area contributed by atoms with E-state index in [-0.39, 0.29) is 24.0 Å². The van der Waals surface area contributed by atoms with Gasteiger partial charge in [0.2, 0.25) is 0 Å². The number of hydrogen-bond acceptors (Lipinski definition) is 7. The van der Waals surface area contributed by atoms with Crippen LogP contribution < -0.4 is 18.9 Å². The maximum atomic E-state index is 11.0. The highest BCUT2D eigenvalue weighted by Crippen LogP contribution is 2.35. The van der Waals surface area contributed by atoms with E-state index in [0.29, 0.717) is 19.6 Å². The van der Waals surface area contributed by atoms with Crippen molar-refractivity contribution in [2.45, 2.75) is 71.1 Å². The Morgan fingerprint density at radius 3 is 1.45 bits per heavy atom. The molecule has 0 amide bonds. The second kappa shape index (κ2) is 14.8. The van der Waals surface area contributed by atoms with Gasteiger partial charge in [0.15, 0.2) is 0 Å². The van der Waals surface area contributed by atoms with Crippen molar-refractivity contribution in [3.63, 3.8) is 0 Å². The second-order valence-electron chi connectivity index (χ2n) is 12.8. The monoisotopic (exact) mass is 579 g/mol. The Hall–Kier alpha value is -3.26. The van der Waals surface area contributed by atoms with Gasteiger partial charge in [0.1, 0.15) is 48.4 Å². The van der Waals surface area contributed by atoms with Gasteiger partial charge in [-0.25, -0.2) is 0 Å². The van der Waals surface area contributed by atoms with Crippen LogP contribution in [0.3, 0.4) is 0 Å². The van der Waals surface area contributed by atoms with E-state index in [1.165, 1.54) is 0 Å². The summed E-state index contributed by atoms with van der Waals surface area (Å²) < 4.78 is 23.1. The number of ether oxygens (including phenoxy) is 4. The highest BCUT2D eigenvalue weighted by atomic mass is 16.5. The molecule has 3 aromatic rings. The first-order valence-corrected chi connectivity index (χ1v) is 14.5. The first kappa shape index (κ1) is 33.2. The van der Waals surface area contributed by atoms with Crippen molar-refractivity contribution >= 4 is 0 Å². The molecule has 0 spiro atoms. The molecule has 0 saturated carbocycles. The minimum Gasteiger partial charge on any atom is -0.497 e. The van der Waals surface area contributed by atoms with Gasteiger partial charge in [-0.1, -0.05) is 71.9 Å². The number of rotatable bonds is 14. The van der Waals surface area contributed by atoms with Gasteiger partial charge in [-0.2, -0.15) is 0 Å². The smallest absolute Gasteiger partial charge is 0.123 e. The Balaban J connectivity index is 1.68. The van der Waals surface area contributed by atoms with E-state index in [1.807, 2.05) is 71.6 Å². The molecule has 7 nitrogen and oxygen atoms in total. The van der Waals surface area contributed by atoms with Gasteiger partial charge in [-0.05, 0) is 52.8 Å². The Bertz CT molecular complexity index is 1170. The fourth-order valence-electron chi connectivity index (χ4n) is 4.81. The lowest BCUT2D eigenvalue weighted by molar-refractivity contribution is 0.0278. The molecule has 7 heteroatoms. The average Bonchev–Trinajstić information content (AvgIpc) is 2.94. The maximum absolute atomic E-state index is 11.0. The molecule has 0 fully saturated rings. The molecule has 2 atom stereocenters. The molecule has 2 N–H and O–H groups in total. The molecule has 0 bridgehead atoms. The average molecular weight is 580 g/mol. The predicted octanol–water partition coefficient (Wildman–Crippen LogP) is 5.98. The third-order valence-corrected chi connectivity index (χ3v) is 7.04. The van der Waals surface area contributed by atoms with Crippen LogP contribution in [0, 0.1) is 0 Å². The van der Waals surface area contributed by atoms with Crippen molar-refractivity contribution in [2.75, 3.05) is 40.5 Å². The van der Waals surface area contributed by atoms with Crippen LogP contribution >= 0.6 is 0 Å². The Kier molecular flexibility index (Phi) is 11.7. The third-order valence-electron chi connectivity index (χ3n) is 7.04. The summed E-state index contributed by atoms with van der Waals surface area (Å²) in [5.41, 5.74) is 2.80. The van der Waals surface area contributed by atoms with E-state index in [0.717, 1.165) is 39.7 Å². The summed E-state index contributed by atoms with van der Waals surface area (Å²) in [7, 11) is 3.29. The van der Waals surface area contributed by atoms with Gasteiger partial charge in [0.05, 0.1) is 14.2 Å². The second-order valence-corrected chi connectivity index (χ2v) is 12.8. The summed E-state index contributed by atoms with van der Waals surface area (Å²) in [5.74, 6) is 2.98. The number of aliphatic hydroxyl groups is 2. The van der Waals surface area contributed by atoms with Gasteiger partial charge in [0, 0.05) is 30.8 Å². The first-order chi connectivity index (χ1) is 19.8. The quantitative estimate of drug-likeness (QED) is 0.243. The van der Waals surface area contributed by atoms with Crippen LogP contribution in [0.25, 0.3) is 0 Å². The normalized spacial score (nSPS) is 13.5. The Labute approximate surface area is 252 Å². The van der Waals surface area contributed by atoms with Crippen LogP contribution in [-0.2, 0) is 17.4 Å². The predicted molar refractivity (Wildman–Crippen MR) is 168 cm³/mol. The van der Waals surface area contributed by atoms with Gasteiger partial charge in [0.25, 0.3) is 0 Å². The number of nitrogens with zero attached hydrogens (tertiary/aromatic N) is 1. The summed E-state index contributed by atoms with van der Waals surface area (Å²) in [5, 5.41) is 22.1. The van der Waals surface area contributed by atoms with Crippen LogP contribution in [-0.4, -0.2) is 67.8 Å². The largest absolute Gasteiger partial charge is 0.497 e. The molecule has 3 aromatic carbocycles. The highest BCUT2D eigenvalue weighted by molar-refractivity contribution is 5.45.